The standard InChI is InChI=1S/C15H28F2N2/c1-11(2)13-9-19(10-15(16)17)14(8-18-13)12-6-4-3-5-7-12/h11-15,18H,3-10H2,1-2H3. The number of rotatable bonds is 4. The molecule has 0 aromatic rings. The van der Waals surface area contributed by atoms with Crippen LogP contribution < -0.4 is 5.32 Å². The number of piperazine rings is 1. The second kappa shape index (κ2) is 6.98. The smallest absolute Gasteiger partial charge is 0.251 e. The van der Waals surface area contributed by atoms with Crippen molar-refractivity contribution in [3.8, 4) is 0 Å². The molecule has 0 spiro atoms. The van der Waals surface area contributed by atoms with E-state index in [1.165, 1.54) is 32.1 Å². The SMILES string of the molecule is CC(C)C1CN(CC(F)F)C(C2CCCCC2)CN1. The van der Waals surface area contributed by atoms with Crippen molar-refractivity contribution in [2.45, 2.75) is 64.5 Å². The van der Waals surface area contributed by atoms with Gasteiger partial charge in [0.25, 0.3) is 6.43 Å². The monoisotopic (exact) mass is 274 g/mol. The summed E-state index contributed by atoms with van der Waals surface area (Å²) in [5.41, 5.74) is 0. The molecule has 19 heavy (non-hydrogen) atoms. The third-order valence-corrected chi connectivity index (χ3v) is 4.86. The predicted molar refractivity (Wildman–Crippen MR) is 74.6 cm³/mol. The van der Waals surface area contributed by atoms with Gasteiger partial charge >= 0.3 is 0 Å². The Bertz CT molecular complexity index is 265. The molecule has 2 aliphatic rings. The van der Waals surface area contributed by atoms with Gasteiger partial charge in [0.2, 0.25) is 0 Å². The molecule has 1 saturated carbocycles. The number of nitrogens with one attached hydrogen (secondary N) is 1. The Morgan fingerprint density at radius 3 is 2.42 bits per heavy atom. The quantitative estimate of drug-likeness (QED) is 0.847. The van der Waals surface area contributed by atoms with Crippen LogP contribution in [0.1, 0.15) is 46.0 Å². The second-order valence-electron chi connectivity index (χ2n) is 6.57. The average molecular weight is 274 g/mol. The Morgan fingerprint density at radius 1 is 1.16 bits per heavy atom. The first-order valence-electron chi connectivity index (χ1n) is 7.83. The van der Waals surface area contributed by atoms with Gasteiger partial charge in [-0.05, 0) is 24.7 Å². The van der Waals surface area contributed by atoms with Crippen LogP contribution in [0.15, 0.2) is 0 Å². The maximum Gasteiger partial charge on any atom is 0.251 e. The first kappa shape index (κ1) is 15.2. The molecule has 1 saturated heterocycles. The van der Waals surface area contributed by atoms with Gasteiger partial charge < -0.3 is 5.32 Å². The molecule has 112 valence electrons. The van der Waals surface area contributed by atoms with E-state index in [1.54, 1.807) is 0 Å². The van der Waals surface area contributed by atoms with Crippen LogP contribution in [0.25, 0.3) is 0 Å². The summed E-state index contributed by atoms with van der Waals surface area (Å²) in [5.74, 6) is 1.13. The number of hydrogen-bond acceptors (Lipinski definition) is 2. The first-order chi connectivity index (χ1) is 9.08. The lowest BCUT2D eigenvalue weighted by Gasteiger charge is -2.46. The van der Waals surface area contributed by atoms with Crippen LogP contribution in [0.5, 0.6) is 0 Å². The molecule has 2 unspecified atom stereocenters. The normalized spacial score (nSPS) is 31.3. The third-order valence-electron chi connectivity index (χ3n) is 4.86. The summed E-state index contributed by atoms with van der Waals surface area (Å²) in [6.07, 6.45) is 4.10. The fourth-order valence-corrected chi connectivity index (χ4v) is 3.67. The topological polar surface area (TPSA) is 15.3 Å². The molecule has 1 N–H and O–H groups in total. The fraction of sp³-hybridized carbons (Fsp3) is 1.00. The minimum atomic E-state index is -2.21. The van der Waals surface area contributed by atoms with Crippen LogP contribution in [0.4, 0.5) is 8.78 Å². The molecule has 2 rings (SSSR count). The number of hydrogen-bond donors (Lipinski definition) is 1. The molecule has 0 bridgehead atoms. The molecule has 1 aliphatic heterocycles. The van der Waals surface area contributed by atoms with E-state index in [1.807, 2.05) is 0 Å². The number of alkyl halides is 2. The molecule has 0 amide bonds. The molecular formula is C15H28F2N2. The highest BCUT2D eigenvalue weighted by Crippen LogP contribution is 2.31. The molecule has 2 atom stereocenters. The maximum absolute atomic E-state index is 12.8. The van der Waals surface area contributed by atoms with Crippen LogP contribution in [0.2, 0.25) is 0 Å². The highest BCUT2D eigenvalue weighted by atomic mass is 19.3. The van der Waals surface area contributed by atoms with Gasteiger partial charge in [0.15, 0.2) is 0 Å². The van der Waals surface area contributed by atoms with E-state index < -0.39 is 6.43 Å². The lowest BCUT2D eigenvalue weighted by atomic mass is 9.81. The molecule has 4 heteroatoms. The molecule has 1 heterocycles. The van der Waals surface area contributed by atoms with E-state index >= 15 is 0 Å². The van der Waals surface area contributed by atoms with Crippen LogP contribution in [-0.2, 0) is 0 Å². The molecule has 1 aliphatic carbocycles. The summed E-state index contributed by atoms with van der Waals surface area (Å²) in [6, 6.07) is 0.683. The second-order valence-corrected chi connectivity index (χ2v) is 6.57. The minimum absolute atomic E-state index is 0.0495. The Labute approximate surface area is 115 Å². The Hall–Kier alpha value is -0.220. The first-order valence-corrected chi connectivity index (χ1v) is 7.83. The third kappa shape index (κ3) is 4.12. The van der Waals surface area contributed by atoms with Crippen molar-refractivity contribution in [3.63, 3.8) is 0 Å². The molecule has 0 aromatic heterocycles. The van der Waals surface area contributed by atoms with Crippen LogP contribution in [0.3, 0.4) is 0 Å². The van der Waals surface area contributed by atoms with Crippen molar-refractivity contribution in [1.82, 2.24) is 10.2 Å². The Balaban J connectivity index is 1.99. The zero-order valence-corrected chi connectivity index (χ0v) is 12.2. The average Bonchev–Trinajstić information content (AvgIpc) is 2.39. The van der Waals surface area contributed by atoms with Crippen LogP contribution in [0, 0.1) is 11.8 Å². The van der Waals surface area contributed by atoms with Gasteiger partial charge in [-0.1, -0.05) is 33.1 Å². The summed E-state index contributed by atoms with van der Waals surface area (Å²) < 4.78 is 25.7. The summed E-state index contributed by atoms with van der Waals surface area (Å²) in [4.78, 5) is 2.07. The van der Waals surface area contributed by atoms with E-state index in [2.05, 4.69) is 24.1 Å². The molecule has 0 radical (unpaired) electrons. The van der Waals surface area contributed by atoms with E-state index in [4.69, 9.17) is 0 Å². The van der Waals surface area contributed by atoms with Crippen molar-refractivity contribution < 1.29 is 8.78 Å². The van der Waals surface area contributed by atoms with Crippen molar-refractivity contribution in [3.05, 3.63) is 0 Å². The van der Waals surface area contributed by atoms with E-state index in [0.29, 0.717) is 23.9 Å². The number of nitrogens with zero attached hydrogens (tertiary/aromatic N) is 1. The van der Waals surface area contributed by atoms with Gasteiger partial charge in [-0.3, -0.25) is 4.90 Å². The van der Waals surface area contributed by atoms with Crippen molar-refractivity contribution in [2.24, 2.45) is 11.8 Å². The van der Waals surface area contributed by atoms with Crippen molar-refractivity contribution in [2.75, 3.05) is 19.6 Å². The molecule has 2 nitrogen and oxygen atoms in total. The van der Waals surface area contributed by atoms with Crippen LogP contribution >= 0.6 is 0 Å². The summed E-state index contributed by atoms with van der Waals surface area (Å²) in [5, 5.41) is 3.58. The van der Waals surface area contributed by atoms with E-state index in [-0.39, 0.29) is 6.54 Å². The number of halogens is 2. The zero-order chi connectivity index (χ0) is 13.8. The van der Waals surface area contributed by atoms with E-state index in [9.17, 15) is 8.78 Å². The highest BCUT2D eigenvalue weighted by Gasteiger charge is 2.35. The van der Waals surface area contributed by atoms with Gasteiger partial charge in [0, 0.05) is 25.2 Å². The maximum atomic E-state index is 12.8. The Kier molecular flexibility index (Phi) is 5.58. The van der Waals surface area contributed by atoms with Gasteiger partial charge in [0.1, 0.15) is 0 Å². The summed E-state index contributed by atoms with van der Waals surface area (Å²) in [7, 11) is 0. The summed E-state index contributed by atoms with van der Waals surface area (Å²) >= 11 is 0. The fourth-order valence-electron chi connectivity index (χ4n) is 3.67. The minimum Gasteiger partial charge on any atom is -0.311 e. The van der Waals surface area contributed by atoms with E-state index in [0.717, 1.165) is 13.1 Å². The molecular weight excluding hydrogens is 246 g/mol. The lowest BCUT2D eigenvalue weighted by Crippen LogP contribution is -2.61. The molecule has 0 aromatic carbocycles. The van der Waals surface area contributed by atoms with Gasteiger partial charge in [-0.15, -0.1) is 0 Å². The summed E-state index contributed by atoms with van der Waals surface area (Å²) in [6.45, 7) is 5.95. The predicted octanol–water partition coefficient (Wildman–Crippen LogP) is 3.13. The van der Waals surface area contributed by atoms with Crippen LogP contribution in [-0.4, -0.2) is 43.0 Å². The lowest BCUT2D eigenvalue weighted by molar-refractivity contribution is 0.0104. The van der Waals surface area contributed by atoms with Gasteiger partial charge in [-0.25, -0.2) is 8.78 Å². The molecule has 2 fully saturated rings. The van der Waals surface area contributed by atoms with Gasteiger partial charge in [0.05, 0.1) is 6.54 Å². The largest absolute Gasteiger partial charge is 0.311 e. The van der Waals surface area contributed by atoms with Gasteiger partial charge in [-0.2, -0.15) is 0 Å². The Morgan fingerprint density at radius 2 is 1.84 bits per heavy atom. The zero-order valence-electron chi connectivity index (χ0n) is 12.2. The highest BCUT2D eigenvalue weighted by molar-refractivity contribution is 4.92. The van der Waals surface area contributed by atoms with Crippen molar-refractivity contribution in [1.29, 1.82) is 0 Å². The van der Waals surface area contributed by atoms with Crippen molar-refractivity contribution >= 4 is 0 Å².